The maximum atomic E-state index is 14.3. The Kier molecular flexibility index (Phi) is 6.07. The van der Waals surface area contributed by atoms with Crippen LogP contribution in [0.15, 0.2) is 52.5 Å². The number of hydrogen-bond donors (Lipinski definition) is 1. The van der Waals surface area contributed by atoms with Gasteiger partial charge in [-0.05, 0) is 50.5 Å². The normalized spacial score (nSPS) is 12.4. The molecule has 9 heteroatoms. The second-order valence-electron chi connectivity index (χ2n) is 7.47. The SMILES string of the molecule is CC(C)(C)NC(=O)C(c1ccco1)N(Cc1ccccc1F)C(=O)c1csnn1. The van der Waals surface area contributed by atoms with Crippen molar-refractivity contribution >= 4 is 23.3 Å². The predicted octanol–water partition coefficient (Wildman–Crippen LogP) is 3.57. The zero-order valence-electron chi connectivity index (χ0n) is 16.3. The number of carbonyl (C=O) groups excluding carboxylic acids is 2. The second kappa shape index (κ2) is 8.52. The number of amides is 2. The van der Waals surface area contributed by atoms with Gasteiger partial charge in [0.05, 0.1) is 12.8 Å². The minimum Gasteiger partial charge on any atom is -0.467 e. The van der Waals surface area contributed by atoms with Crippen LogP contribution in [0.25, 0.3) is 0 Å². The van der Waals surface area contributed by atoms with Gasteiger partial charge in [-0.3, -0.25) is 9.59 Å². The fraction of sp³-hybridized carbons (Fsp3) is 0.300. The van der Waals surface area contributed by atoms with Crippen LogP contribution in [0.1, 0.15) is 48.6 Å². The van der Waals surface area contributed by atoms with Crippen LogP contribution in [0.2, 0.25) is 0 Å². The summed E-state index contributed by atoms with van der Waals surface area (Å²) >= 11 is 1.02. The number of nitrogens with zero attached hydrogens (tertiary/aromatic N) is 3. The Bertz CT molecular complexity index is 968. The Balaban J connectivity index is 2.05. The first-order chi connectivity index (χ1) is 13.8. The van der Waals surface area contributed by atoms with Crippen LogP contribution in [0.5, 0.6) is 0 Å². The third-order valence-corrected chi connectivity index (χ3v) is 4.51. The highest BCUT2D eigenvalue weighted by Gasteiger charge is 2.36. The van der Waals surface area contributed by atoms with E-state index in [1.165, 1.54) is 22.6 Å². The maximum absolute atomic E-state index is 14.3. The van der Waals surface area contributed by atoms with Crippen LogP contribution >= 0.6 is 11.5 Å². The lowest BCUT2D eigenvalue weighted by Crippen LogP contribution is -2.49. The van der Waals surface area contributed by atoms with Crippen molar-refractivity contribution in [3.05, 3.63) is 70.9 Å². The number of hydrogen-bond acceptors (Lipinski definition) is 6. The van der Waals surface area contributed by atoms with Crippen molar-refractivity contribution in [2.75, 3.05) is 0 Å². The lowest BCUT2D eigenvalue weighted by atomic mass is 10.0. The van der Waals surface area contributed by atoms with E-state index < -0.39 is 29.2 Å². The van der Waals surface area contributed by atoms with Gasteiger partial charge in [-0.2, -0.15) is 0 Å². The van der Waals surface area contributed by atoms with Crippen LogP contribution in [-0.2, 0) is 11.3 Å². The van der Waals surface area contributed by atoms with Crippen molar-refractivity contribution in [1.29, 1.82) is 0 Å². The molecule has 2 aromatic heterocycles. The number of aromatic nitrogens is 2. The van der Waals surface area contributed by atoms with Gasteiger partial charge in [0, 0.05) is 16.5 Å². The van der Waals surface area contributed by atoms with E-state index in [1.807, 2.05) is 20.8 Å². The molecule has 152 valence electrons. The quantitative estimate of drug-likeness (QED) is 0.664. The third kappa shape index (κ3) is 5.05. The standard InChI is InChI=1S/C20H21FN4O3S/c1-20(2,3)22-18(26)17(16-9-6-10-28-16)25(19(27)15-12-29-24-23-15)11-13-7-4-5-8-14(13)21/h4-10,12,17H,11H2,1-3H3,(H,22,26). The molecule has 0 saturated carbocycles. The minimum atomic E-state index is -1.11. The summed E-state index contributed by atoms with van der Waals surface area (Å²) in [4.78, 5) is 27.6. The molecule has 1 N–H and O–H groups in total. The predicted molar refractivity (Wildman–Crippen MR) is 106 cm³/mol. The third-order valence-electron chi connectivity index (χ3n) is 4.01. The molecular weight excluding hydrogens is 395 g/mol. The fourth-order valence-electron chi connectivity index (χ4n) is 2.80. The molecule has 1 atom stereocenters. The van der Waals surface area contributed by atoms with Crippen LogP contribution in [0.3, 0.4) is 0 Å². The van der Waals surface area contributed by atoms with E-state index in [2.05, 4.69) is 14.9 Å². The first-order valence-electron chi connectivity index (χ1n) is 8.93. The number of carbonyl (C=O) groups is 2. The molecule has 0 aliphatic rings. The summed E-state index contributed by atoms with van der Waals surface area (Å²) in [6.45, 7) is 5.35. The summed E-state index contributed by atoms with van der Waals surface area (Å²) < 4.78 is 23.5. The van der Waals surface area contributed by atoms with E-state index in [-0.39, 0.29) is 23.6 Å². The first-order valence-corrected chi connectivity index (χ1v) is 9.77. The molecule has 1 aromatic carbocycles. The largest absolute Gasteiger partial charge is 0.467 e. The molecule has 1 unspecified atom stereocenters. The van der Waals surface area contributed by atoms with Gasteiger partial charge >= 0.3 is 0 Å². The van der Waals surface area contributed by atoms with Gasteiger partial charge in [0.2, 0.25) is 0 Å². The monoisotopic (exact) mass is 416 g/mol. The molecule has 0 radical (unpaired) electrons. The van der Waals surface area contributed by atoms with Crippen molar-refractivity contribution in [2.45, 2.75) is 38.9 Å². The summed E-state index contributed by atoms with van der Waals surface area (Å²) in [6, 6.07) is 8.22. The van der Waals surface area contributed by atoms with E-state index in [9.17, 15) is 14.0 Å². The Hall–Kier alpha value is -3.07. The Labute approximate surface area is 171 Å². The highest BCUT2D eigenvalue weighted by atomic mass is 32.1. The Morgan fingerprint density at radius 1 is 1.24 bits per heavy atom. The molecular formula is C20H21FN4O3S. The lowest BCUT2D eigenvalue weighted by Gasteiger charge is -2.32. The smallest absolute Gasteiger partial charge is 0.276 e. The van der Waals surface area contributed by atoms with Gasteiger partial charge in [-0.1, -0.05) is 22.7 Å². The van der Waals surface area contributed by atoms with Gasteiger partial charge < -0.3 is 14.6 Å². The molecule has 0 spiro atoms. The number of nitrogens with one attached hydrogen (secondary N) is 1. The van der Waals surface area contributed by atoms with E-state index in [0.29, 0.717) is 0 Å². The molecule has 0 fully saturated rings. The number of halogens is 1. The summed E-state index contributed by atoms with van der Waals surface area (Å²) in [5, 5.41) is 8.17. The van der Waals surface area contributed by atoms with Gasteiger partial charge in [-0.25, -0.2) is 4.39 Å². The van der Waals surface area contributed by atoms with Crippen LogP contribution in [0, 0.1) is 5.82 Å². The fourth-order valence-corrected chi connectivity index (χ4v) is 3.23. The van der Waals surface area contributed by atoms with Crippen molar-refractivity contribution in [3.63, 3.8) is 0 Å². The molecule has 2 amide bonds. The Morgan fingerprint density at radius 3 is 2.59 bits per heavy atom. The molecule has 0 saturated heterocycles. The van der Waals surface area contributed by atoms with Crippen molar-refractivity contribution in [2.24, 2.45) is 0 Å². The van der Waals surface area contributed by atoms with Gasteiger partial charge in [0.1, 0.15) is 11.6 Å². The van der Waals surface area contributed by atoms with E-state index >= 15 is 0 Å². The van der Waals surface area contributed by atoms with E-state index in [0.717, 1.165) is 11.5 Å². The summed E-state index contributed by atoms with van der Waals surface area (Å²) in [7, 11) is 0. The molecule has 7 nitrogen and oxygen atoms in total. The van der Waals surface area contributed by atoms with Gasteiger partial charge in [0.25, 0.3) is 11.8 Å². The number of benzene rings is 1. The topological polar surface area (TPSA) is 88.3 Å². The minimum absolute atomic E-state index is 0.0754. The van der Waals surface area contributed by atoms with Crippen molar-refractivity contribution < 1.29 is 18.4 Å². The average molecular weight is 416 g/mol. The zero-order chi connectivity index (χ0) is 21.0. The van der Waals surface area contributed by atoms with Crippen LogP contribution in [0.4, 0.5) is 4.39 Å². The van der Waals surface area contributed by atoms with Crippen molar-refractivity contribution in [1.82, 2.24) is 19.8 Å². The van der Waals surface area contributed by atoms with Gasteiger partial charge in [-0.15, -0.1) is 5.10 Å². The number of rotatable bonds is 6. The van der Waals surface area contributed by atoms with E-state index in [1.54, 1.807) is 30.3 Å². The average Bonchev–Trinajstić information content (AvgIpc) is 3.35. The zero-order valence-corrected chi connectivity index (χ0v) is 17.1. The molecule has 0 aliphatic carbocycles. The molecule has 3 rings (SSSR count). The molecule has 2 heterocycles. The second-order valence-corrected chi connectivity index (χ2v) is 8.08. The van der Waals surface area contributed by atoms with E-state index in [4.69, 9.17) is 4.42 Å². The van der Waals surface area contributed by atoms with Crippen LogP contribution < -0.4 is 5.32 Å². The van der Waals surface area contributed by atoms with Crippen molar-refractivity contribution in [3.8, 4) is 0 Å². The van der Waals surface area contributed by atoms with Gasteiger partial charge in [0.15, 0.2) is 11.7 Å². The van der Waals surface area contributed by atoms with Crippen LogP contribution in [-0.4, -0.2) is 31.8 Å². The first kappa shape index (κ1) is 20.7. The molecule has 0 aliphatic heterocycles. The highest BCUT2D eigenvalue weighted by Crippen LogP contribution is 2.27. The maximum Gasteiger partial charge on any atom is 0.276 e. The molecule has 29 heavy (non-hydrogen) atoms. The highest BCUT2D eigenvalue weighted by molar-refractivity contribution is 7.03. The Morgan fingerprint density at radius 2 is 2.00 bits per heavy atom. The molecule has 0 bridgehead atoms. The number of furan rings is 1. The summed E-state index contributed by atoms with van der Waals surface area (Å²) in [6.07, 6.45) is 1.42. The summed E-state index contributed by atoms with van der Waals surface area (Å²) in [5.74, 6) is -1.21. The lowest BCUT2D eigenvalue weighted by molar-refractivity contribution is -0.128. The molecule has 3 aromatic rings. The summed E-state index contributed by atoms with van der Waals surface area (Å²) in [5.41, 5.74) is -0.202.